The number of anilines is 1. The van der Waals surface area contributed by atoms with E-state index < -0.39 is 0 Å². The van der Waals surface area contributed by atoms with E-state index in [2.05, 4.69) is 50.5 Å². The molecule has 3 heteroatoms. The highest BCUT2D eigenvalue weighted by atomic mass is 15.2. The Morgan fingerprint density at radius 1 is 1.19 bits per heavy atom. The molecule has 1 saturated carbocycles. The standard InChI is InChI=1S/C18H25N3/c1-18(2,3)14-10-6-9-13-16(21-19)11-15(20-17(13)14)12-7-4-5-8-12/h6,9-12H,4-5,7-8,19H2,1-3H3,(H,20,21). The van der Waals surface area contributed by atoms with Crippen LogP contribution in [0.1, 0.15) is 63.6 Å². The predicted molar refractivity (Wildman–Crippen MR) is 89.5 cm³/mol. The van der Waals surface area contributed by atoms with Crippen LogP contribution >= 0.6 is 0 Å². The van der Waals surface area contributed by atoms with E-state index in [-0.39, 0.29) is 5.41 Å². The van der Waals surface area contributed by atoms with Crippen LogP contribution in [-0.2, 0) is 5.41 Å². The van der Waals surface area contributed by atoms with Gasteiger partial charge in [-0.05, 0) is 29.9 Å². The van der Waals surface area contributed by atoms with Gasteiger partial charge in [0, 0.05) is 17.0 Å². The fourth-order valence-electron chi connectivity index (χ4n) is 3.42. The lowest BCUT2D eigenvalue weighted by atomic mass is 9.85. The third-order valence-corrected chi connectivity index (χ3v) is 4.60. The Labute approximate surface area is 126 Å². The molecule has 1 aliphatic rings. The summed E-state index contributed by atoms with van der Waals surface area (Å²) >= 11 is 0. The maximum atomic E-state index is 5.76. The third-order valence-electron chi connectivity index (χ3n) is 4.60. The number of aromatic nitrogens is 1. The van der Waals surface area contributed by atoms with Crippen molar-refractivity contribution in [3.05, 3.63) is 35.5 Å². The first-order valence-corrected chi connectivity index (χ1v) is 7.91. The Bertz CT molecular complexity index is 649. The third kappa shape index (κ3) is 2.62. The molecule has 1 heterocycles. The van der Waals surface area contributed by atoms with Crippen LogP contribution in [0, 0.1) is 0 Å². The van der Waals surface area contributed by atoms with Gasteiger partial charge in [-0.2, -0.15) is 0 Å². The number of hydrogen-bond donors (Lipinski definition) is 2. The van der Waals surface area contributed by atoms with Gasteiger partial charge in [-0.15, -0.1) is 0 Å². The number of nitrogens with two attached hydrogens (primary N) is 1. The first kappa shape index (κ1) is 14.3. The zero-order valence-electron chi connectivity index (χ0n) is 13.2. The second kappa shape index (κ2) is 5.30. The number of hydrazine groups is 1. The highest BCUT2D eigenvalue weighted by molar-refractivity contribution is 5.93. The minimum Gasteiger partial charge on any atom is -0.323 e. The lowest BCUT2D eigenvalue weighted by molar-refractivity contribution is 0.594. The van der Waals surface area contributed by atoms with Crippen LogP contribution in [0.25, 0.3) is 10.9 Å². The summed E-state index contributed by atoms with van der Waals surface area (Å²) < 4.78 is 0. The Morgan fingerprint density at radius 2 is 1.90 bits per heavy atom. The molecule has 3 rings (SSSR count). The molecular weight excluding hydrogens is 258 g/mol. The maximum Gasteiger partial charge on any atom is 0.0763 e. The number of benzene rings is 1. The molecule has 0 unspecified atom stereocenters. The summed E-state index contributed by atoms with van der Waals surface area (Å²) in [5.74, 6) is 6.36. The molecule has 0 amide bonds. The number of hydrogen-bond acceptors (Lipinski definition) is 3. The summed E-state index contributed by atoms with van der Waals surface area (Å²) in [4.78, 5) is 5.04. The van der Waals surface area contributed by atoms with Crippen LogP contribution in [0.5, 0.6) is 0 Å². The van der Waals surface area contributed by atoms with Crippen molar-refractivity contribution in [1.29, 1.82) is 0 Å². The van der Waals surface area contributed by atoms with Gasteiger partial charge in [0.1, 0.15) is 0 Å². The number of para-hydroxylation sites is 1. The van der Waals surface area contributed by atoms with Crippen LogP contribution in [-0.4, -0.2) is 4.98 Å². The van der Waals surface area contributed by atoms with Crippen molar-refractivity contribution in [3.8, 4) is 0 Å². The smallest absolute Gasteiger partial charge is 0.0763 e. The molecule has 1 aromatic heterocycles. The number of fused-ring (bicyclic) bond motifs is 1. The summed E-state index contributed by atoms with van der Waals surface area (Å²) in [5.41, 5.74) is 7.53. The predicted octanol–water partition coefficient (Wildman–Crippen LogP) is 4.48. The van der Waals surface area contributed by atoms with Gasteiger partial charge in [-0.25, -0.2) is 0 Å². The maximum absolute atomic E-state index is 5.76. The van der Waals surface area contributed by atoms with Gasteiger partial charge in [0.25, 0.3) is 0 Å². The Balaban J connectivity index is 2.24. The van der Waals surface area contributed by atoms with E-state index >= 15 is 0 Å². The summed E-state index contributed by atoms with van der Waals surface area (Å²) in [6.07, 6.45) is 5.13. The fraction of sp³-hybridized carbons (Fsp3) is 0.500. The second-order valence-electron chi connectivity index (χ2n) is 7.17. The van der Waals surface area contributed by atoms with Gasteiger partial charge in [0.05, 0.1) is 11.2 Å². The SMILES string of the molecule is CC(C)(C)c1cccc2c(NN)cc(C3CCCC3)nc12. The Morgan fingerprint density at radius 3 is 2.52 bits per heavy atom. The van der Waals surface area contributed by atoms with E-state index in [0.717, 1.165) is 16.6 Å². The topological polar surface area (TPSA) is 50.9 Å². The molecule has 3 N–H and O–H groups in total. The van der Waals surface area contributed by atoms with Crippen LogP contribution < -0.4 is 11.3 Å². The van der Waals surface area contributed by atoms with Crippen molar-refractivity contribution in [2.24, 2.45) is 5.84 Å². The largest absolute Gasteiger partial charge is 0.323 e. The van der Waals surface area contributed by atoms with Crippen molar-refractivity contribution in [2.75, 3.05) is 5.43 Å². The molecular formula is C18H25N3. The van der Waals surface area contributed by atoms with E-state index in [1.807, 2.05) is 0 Å². The van der Waals surface area contributed by atoms with Crippen LogP contribution in [0.15, 0.2) is 24.3 Å². The van der Waals surface area contributed by atoms with Gasteiger partial charge < -0.3 is 5.43 Å². The van der Waals surface area contributed by atoms with Crippen LogP contribution in [0.3, 0.4) is 0 Å². The van der Waals surface area contributed by atoms with E-state index in [1.54, 1.807) is 0 Å². The van der Waals surface area contributed by atoms with Crippen LogP contribution in [0.2, 0.25) is 0 Å². The minimum atomic E-state index is 0.0761. The number of rotatable bonds is 2. The molecule has 1 fully saturated rings. The van der Waals surface area contributed by atoms with E-state index in [0.29, 0.717) is 5.92 Å². The van der Waals surface area contributed by atoms with Crippen molar-refractivity contribution in [3.63, 3.8) is 0 Å². The molecule has 1 aliphatic carbocycles. The second-order valence-corrected chi connectivity index (χ2v) is 7.17. The fourth-order valence-corrected chi connectivity index (χ4v) is 3.42. The molecule has 112 valence electrons. The molecule has 1 aromatic carbocycles. The number of nitrogens with zero attached hydrogens (tertiary/aromatic N) is 1. The quantitative estimate of drug-likeness (QED) is 0.631. The summed E-state index contributed by atoms with van der Waals surface area (Å²) in [5, 5.41) is 1.12. The zero-order valence-corrected chi connectivity index (χ0v) is 13.2. The average molecular weight is 283 g/mol. The number of nitrogens with one attached hydrogen (secondary N) is 1. The van der Waals surface area contributed by atoms with Crippen molar-refractivity contribution < 1.29 is 0 Å². The van der Waals surface area contributed by atoms with Gasteiger partial charge in [-0.3, -0.25) is 10.8 Å². The molecule has 0 aliphatic heterocycles. The number of nitrogen functional groups attached to an aromatic ring is 1. The minimum absolute atomic E-state index is 0.0761. The van der Waals surface area contributed by atoms with Gasteiger partial charge >= 0.3 is 0 Å². The van der Waals surface area contributed by atoms with E-state index in [1.165, 1.54) is 36.9 Å². The molecule has 3 nitrogen and oxygen atoms in total. The zero-order chi connectivity index (χ0) is 15.0. The molecule has 0 atom stereocenters. The Hall–Kier alpha value is -1.61. The normalized spacial score (nSPS) is 16.6. The highest BCUT2D eigenvalue weighted by Crippen LogP contribution is 2.38. The summed E-state index contributed by atoms with van der Waals surface area (Å²) in [7, 11) is 0. The van der Waals surface area contributed by atoms with E-state index in [4.69, 9.17) is 10.8 Å². The van der Waals surface area contributed by atoms with Crippen molar-refractivity contribution >= 4 is 16.6 Å². The van der Waals surface area contributed by atoms with E-state index in [9.17, 15) is 0 Å². The molecule has 0 spiro atoms. The first-order chi connectivity index (χ1) is 10.0. The molecule has 0 saturated heterocycles. The van der Waals surface area contributed by atoms with Gasteiger partial charge in [-0.1, -0.05) is 51.8 Å². The molecule has 0 bridgehead atoms. The molecule has 21 heavy (non-hydrogen) atoms. The van der Waals surface area contributed by atoms with Crippen molar-refractivity contribution in [1.82, 2.24) is 4.98 Å². The lowest BCUT2D eigenvalue weighted by Crippen LogP contribution is -2.14. The van der Waals surface area contributed by atoms with Crippen LogP contribution in [0.4, 0.5) is 5.69 Å². The lowest BCUT2D eigenvalue weighted by Gasteiger charge is -2.22. The van der Waals surface area contributed by atoms with Gasteiger partial charge in [0.2, 0.25) is 0 Å². The van der Waals surface area contributed by atoms with Crippen molar-refractivity contribution in [2.45, 2.75) is 57.8 Å². The molecule has 0 radical (unpaired) electrons. The number of pyridine rings is 1. The summed E-state index contributed by atoms with van der Waals surface area (Å²) in [6, 6.07) is 8.53. The van der Waals surface area contributed by atoms with Gasteiger partial charge in [0.15, 0.2) is 0 Å². The Kier molecular flexibility index (Phi) is 3.62. The molecule has 2 aromatic rings. The summed E-state index contributed by atoms with van der Waals surface area (Å²) in [6.45, 7) is 6.71. The monoisotopic (exact) mass is 283 g/mol. The first-order valence-electron chi connectivity index (χ1n) is 7.91. The highest BCUT2D eigenvalue weighted by Gasteiger charge is 2.23. The average Bonchev–Trinajstić information content (AvgIpc) is 2.98.